The van der Waals surface area contributed by atoms with Crippen LogP contribution in [0.2, 0.25) is 5.02 Å². The van der Waals surface area contributed by atoms with E-state index >= 15 is 0 Å². The van der Waals surface area contributed by atoms with Crippen molar-refractivity contribution in [3.8, 4) is 0 Å². The number of halogens is 2. The van der Waals surface area contributed by atoms with Crippen molar-refractivity contribution in [2.45, 2.75) is 18.5 Å². The maximum Gasteiger partial charge on any atom is 0.151 e. The van der Waals surface area contributed by atoms with Gasteiger partial charge in [0.2, 0.25) is 0 Å². The molecule has 20 heavy (non-hydrogen) atoms. The molecule has 2 unspecified atom stereocenters. The molecule has 2 rings (SSSR count). The second kappa shape index (κ2) is 5.97. The summed E-state index contributed by atoms with van der Waals surface area (Å²) in [4.78, 5) is 1.85. The molecule has 1 aliphatic heterocycles. The van der Waals surface area contributed by atoms with E-state index < -0.39 is 9.84 Å². The first-order chi connectivity index (χ1) is 9.34. The fourth-order valence-electron chi connectivity index (χ4n) is 2.63. The number of hydrogen-bond donors (Lipinski definition) is 1. The van der Waals surface area contributed by atoms with Crippen LogP contribution in [0.3, 0.4) is 0 Å². The van der Waals surface area contributed by atoms with E-state index in [1.807, 2.05) is 4.90 Å². The Kier molecular flexibility index (Phi) is 4.69. The Balaban J connectivity index is 2.26. The monoisotopic (exact) mass is 320 g/mol. The maximum atomic E-state index is 13.9. The molecule has 112 valence electrons. The summed E-state index contributed by atoms with van der Waals surface area (Å²) in [6.07, 6.45) is 0.553. The second-order valence-electron chi connectivity index (χ2n) is 5.14. The number of benzene rings is 1. The topological polar surface area (TPSA) is 63.4 Å². The van der Waals surface area contributed by atoms with Gasteiger partial charge in [0, 0.05) is 29.2 Å². The van der Waals surface area contributed by atoms with E-state index in [9.17, 15) is 12.8 Å². The van der Waals surface area contributed by atoms with E-state index in [0.717, 1.165) is 0 Å². The van der Waals surface area contributed by atoms with Crippen molar-refractivity contribution in [1.29, 1.82) is 0 Å². The van der Waals surface area contributed by atoms with Gasteiger partial charge in [0.15, 0.2) is 9.84 Å². The molecule has 0 spiro atoms. The van der Waals surface area contributed by atoms with Crippen LogP contribution < -0.4 is 5.73 Å². The van der Waals surface area contributed by atoms with Crippen molar-refractivity contribution in [2.75, 3.05) is 25.1 Å². The summed E-state index contributed by atoms with van der Waals surface area (Å²) in [5, 5.41) is 0.437. The fourth-order valence-corrected chi connectivity index (χ4v) is 4.60. The normalized spacial score (nSPS) is 23.1. The van der Waals surface area contributed by atoms with Crippen LogP contribution in [0, 0.1) is 5.82 Å². The predicted molar refractivity (Wildman–Crippen MR) is 78.0 cm³/mol. The van der Waals surface area contributed by atoms with E-state index in [0.29, 0.717) is 17.0 Å². The third-order valence-electron chi connectivity index (χ3n) is 3.82. The Morgan fingerprint density at radius 3 is 2.80 bits per heavy atom. The van der Waals surface area contributed by atoms with Gasteiger partial charge in [-0.15, -0.1) is 0 Å². The molecular formula is C13H18ClFN2O2S. The zero-order valence-corrected chi connectivity index (χ0v) is 12.8. The quantitative estimate of drug-likeness (QED) is 0.915. The average Bonchev–Trinajstić information content (AvgIpc) is 2.75. The second-order valence-corrected chi connectivity index (χ2v) is 7.80. The minimum Gasteiger partial charge on any atom is -0.329 e. The summed E-state index contributed by atoms with van der Waals surface area (Å²) in [7, 11) is -1.20. The van der Waals surface area contributed by atoms with Gasteiger partial charge in [-0.05, 0) is 31.7 Å². The van der Waals surface area contributed by atoms with Crippen molar-refractivity contribution in [3.05, 3.63) is 34.6 Å². The Hall–Kier alpha value is -0.690. The van der Waals surface area contributed by atoms with Crippen LogP contribution in [-0.2, 0) is 9.84 Å². The molecule has 1 aromatic carbocycles. The zero-order chi connectivity index (χ0) is 14.9. The molecule has 0 saturated carbocycles. The number of nitrogens with two attached hydrogens (primary N) is 1. The summed E-state index contributed by atoms with van der Waals surface area (Å²) in [6, 6.07) is 3.82. The lowest BCUT2D eigenvalue weighted by Crippen LogP contribution is -2.39. The highest BCUT2D eigenvalue weighted by molar-refractivity contribution is 7.91. The van der Waals surface area contributed by atoms with E-state index in [2.05, 4.69) is 0 Å². The highest BCUT2D eigenvalue weighted by atomic mass is 35.5. The van der Waals surface area contributed by atoms with Gasteiger partial charge >= 0.3 is 0 Å². The number of rotatable bonds is 4. The molecule has 0 aliphatic carbocycles. The third kappa shape index (κ3) is 3.31. The van der Waals surface area contributed by atoms with Gasteiger partial charge in [0.1, 0.15) is 5.82 Å². The molecule has 0 amide bonds. The SMILES string of the molecule is CN(C1CCS(=O)(=O)C1)C(CN)c1cc(Cl)ccc1F. The molecule has 0 radical (unpaired) electrons. The molecule has 1 aromatic rings. The molecule has 4 nitrogen and oxygen atoms in total. The molecular weight excluding hydrogens is 303 g/mol. The van der Waals surface area contributed by atoms with Crippen LogP contribution in [0.25, 0.3) is 0 Å². The minimum absolute atomic E-state index is 0.0994. The molecule has 7 heteroatoms. The van der Waals surface area contributed by atoms with Crippen LogP contribution >= 0.6 is 11.6 Å². The van der Waals surface area contributed by atoms with Gasteiger partial charge in [0.05, 0.1) is 11.5 Å². The molecule has 1 saturated heterocycles. The van der Waals surface area contributed by atoms with Crippen molar-refractivity contribution in [1.82, 2.24) is 4.90 Å². The van der Waals surface area contributed by atoms with Gasteiger partial charge in [-0.3, -0.25) is 4.90 Å². The molecule has 2 N–H and O–H groups in total. The summed E-state index contributed by atoms with van der Waals surface area (Å²) in [5.41, 5.74) is 6.17. The van der Waals surface area contributed by atoms with Crippen LogP contribution in [0.4, 0.5) is 4.39 Å². The first kappa shape index (κ1) is 15.7. The average molecular weight is 321 g/mol. The van der Waals surface area contributed by atoms with Gasteiger partial charge in [-0.2, -0.15) is 0 Å². The van der Waals surface area contributed by atoms with Crippen molar-refractivity contribution >= 4 is 21.4 Å². The number of nitrogens with zero attached hydrogens (tertiary/aromatic N) is 1. The van der Waals surface area contributed by atoms with Crippen LogP contribution in [0.5, 0.6) is 0 Å². The Morgan fingerprint density at radius 2 is 2.25 bits per heavy atom. The largest absolute Gasteiger partial charge is 0.329 e. The van der Waals surface area contributed by atoms with E-state index in [-0.39, 0.29) is 36.0 Å². The summed E-state index contributed by atoms with van der Waals surface area (Å²) in [6.45, 7) is 0.199. The predicted octanol–water partition coefficient (Wildman–Crippen LogP) is 1.60. The van der Waals surface area contributed by atoms with Gasteiger partial charge in [0.25, 0.3) is 0 Å². The Bertz CT molecular complexity index is 594. The van der Waals surface area contributed by atoms with Crippen molar-refractivity contribution in [3.63, 3.8) is 0 Å². The van der Waals surface area contributed by atoms with Crippen LogP contribution in [-0.4, -0.2) is 44.5 Å². The highest BCUT2D eigenvalue weighted by Gasteiger charge is 2.34. The molecule has 0 bridgehead atoms. The van der Waals surface area contributed by atoms with E-state index in [4.69, 9.17) is 17.3 Å². The Morgan fingerprint density at radius 1 is 1.55 bits per heavy atom. The lowest BCUT2D eigenvalue weighted by atomic mass is 10.0. The first-order valence-corrected chi connectivity index (χ1v) is 8.61. The molecule has 2 atom stereocenters. The highest BCUT2D eigenvalue weighted by Crippen LogP contribution is 2.29. The summed E-state index contributed by atoms with van der Waals surface area (Å²) in [5.74, 6) is -0.1000. The molecule has 1 aliphatic rings. The first-order valence-electron chi connectivity index (χ1n) is 6.41. The summed E-state index contributed by atoms with van der Waals surface area (Å²) < 4.78 is 37.1. The van der Waals surface area contributed by atoms with Crippen molar-refractivity contribution in [2.24, 2.45) is 5.73 Å². The van der Waals surface area contributed by atoms with Gasteiger partial charge in [-0.1, -0.05) is 11.6 Å². The van der Waals surface area contributed by atoms with Crippen LogP contribution in [0.1, 0.15) is 18.0 Å². The lowest BCUT2D eigenvalue weighted by molar-refractivity contribution is 0.189. The standard InChI is InChI=1S/C13H18ClFN2O2S/c1-17(10-4-5-20(18,19)8-10)13(7-16)11-6-9(14)2-3-12(11)15/h2-3,6,10,13H,4-5,7-8,16H2,1H3. The van der Waals surface area contributed by atoms with Gasteiger partial charge < -0.3 is 5.73 Å². The van der Waals surface area contributed by atoms with Crippen LogP contribution in [0.15, 0.2) is 18.2 Å². The molecule has 0 aromatic heterocycles. The smallest absolute Gasteiger partial charge is 0.151 e. The fraction of sp³-hybridized carbons (Fsp3) is 0.538. The van der Waals surface area contributed by atoms with Crippen molar-refractivity contribution < 1.29 is 12.8 Å². The number of sulfone groups is 1. The van der Waals surface area contributed by atoms with E-state index in [1.165, 1.54) is 12.1 Å². The molecule has 1 heterocycles. The summed E-state index contributed by atoms with van der Waals surface area (Å²) >= 11 is 5.91. The zero-order valence-electron chi connectivity index (χ0n) is 11.2. The Labute approximate surface area is 123 Å². The third-order valence-corrected chi connectivity index (χ3v) is 5.80. The number of likely N-dealkylation sites (N-methyl/N-ethyl adjacent to an activating group) is 1. The number of hydrogen-bond acceptors (Lipinski definition) is 4. The maximum absolute atomic E-state index is 13.9. The lowest BCUT2D eigenvalue weighted by Gasteiger charge is -2.32. The van der Waals surface area contributed by atoms with E-state index in [1.54, 1.807) is 13.1 Å². The van der Waals surface area contributed by atoms with Gasteiger partial charge in [-0.25, -0.2) is 12.8 Å². The minimum atomic E-state index is -2.98. The molecule has 1 fully saturated rings.